The minimum atomic E-state index is -0.103. The molecule has 1 aromatic carbocycles. The Morgan fingerprint density at radius 2 is 2.00 bits per heavy atom. The maximum Gasteiger partial charge on any atom is 0.319 e. The summed E-state index contributed by atoms with van der Waals surface area (Å²) in [6.07, 6.45) is 1.83. The van der Waals surface area contributed by atoms with Gasteiger partial charge < -0.3 is 10.1 Å². The van der Waals surface area contributed by atoms with Crippen LogP contribution in [0.4, 0.5) is 0 Å². The second kappa shape index (κ2) is 8.99. The van der Waals surface area contributed by atoms with Crippen LogP contribution in [-0.4, -0.2) is 24.9 Å². The summed E-state index contributed by atoms with van der Waals surface area (Å²) in [6, 6.07) is 8.32. The van der Waals surface area contributed by atoms with Crippen molar-refractivity contribution in [2.75, 3.05) is 13.7 Å². The SMILES string of the molecule is CCCC(Sc1ccc(CNC)cc1)C(=O)OCC. The van der Waals surface area contributed by atoms with Gasteiger partial charge in [0.25, 0.3) is 0 Å². The third kappa shape index (κ3) is 5.66. The normalized spacial score (nSPS) is 12.2. The zero-order valence-electron chi connectivity index (χ0n) is 11.9. The molecule has 1 N–H and O–H groups in total. The minimum Gasteiger partial charge on any atom is -0.465 e. The number of thioether (sulfide) groups is 1. The predicted octanol–water partition coefficient (Wildman–Crippen LogP) is 3.23. The fourth-order valence-electron chi connectivity index (χ4n) is 1.78. The number of hydrogen-bond acceptors (Lipinski definition) is 4. The lowest BCUT2D eigenvalue weighted by Crippen LogP contribution is -2.20. The average Bonchev–Trinajstić information content (AvgIpc) is 2.41. The van der Waals surface area contributed by atoms with Gasteiger partial charge in [0, 0.05) is 11.4 Å². The van der Waals surface area contributed by atoms with Crippen LogP contribution in [0.1, 0.15) is 32.3 Å². The van der Waals surface area contributed by atoms with E-state index in [0.717, 1.165) is 24.3 Å². The van der Waals surface area contributed by atoms with E-state index in [-0.39, 0.29) is 11.2 Å². The summed E-state index contributed by atoms with van der Waals surface area (Å²) < 4.78 is 5.12. The van der Waals surface area contributed by atoms with Gasteiger partial charge in [-0.15, -0.1) is 11.8 Å². The van der Waals surface area contributed by atoms with Crippen LogP contribution in [-0.2, 0) is 16.1 Å². The Kier molecular flexibility index (Phi) is 7.60. The van der Waals surface area contributed by atoms with Crippen LogP contribution >= 0.6 is 11.8 Å². The highest BCUT2D eigenvalue weighted by Gasteiger charge is 2.19. The number of esters is 1. The molecular formula is C15H23NO2S. The molecule has 1 unspecified atom stereocenters. The van der Waals surface area contributed by atoms with Crippen molar-refractivity contribution in [1.29, 1.82) is 0 Å². The summed E-state index contributed by atoms with van der Waals surface area (Å²) in [5.41, 5.74) is 1.25. The molecule has 0 saturated heterocycles. The van der Waals surface area contributed by atoms with E-state index >= 15 is 0 Å². The van der Waals surface area contributed by atoms with Crippen molar-refractivity contribution in [1.82, 2.24) is 5.32 Å². The smallest absolute Gasteiger partial charge is 0.319 e. The molecule has 0 bridgehead atoms. The van der Waals surface area contributed by atoms with E-state index < -0.39 is 0 Å². The van der Waals surface area contributed by atoms with Crippen LogP contribution < -0.4 is 5.32 Å². The number of hydrogen-bond donors (Lipinski definition) is 1. The highest BCUT2D eigenvalue weighted by Crippen LogP contribution is 2.27. The quantitative estimate of drug-likeness (QED) is 0.586. The molecule has 0 saturated carbocycles. The van der Waals surface area contributed by atoms with Gasteiger partial charge >= 0.3 is 5.97 Å². The fourth-order valence-corrected chi connectivity index (χ4v) is 2.92. The first-order chi connectivity index (χ1) is 9.21. The Bertz CT molecular complexity index is 378. The van der Waals surface area contributed by atoms with Crippen LogP contribution in [0.5, 0.6) is 0 Å². The largest absolute Gasteiger partial charge is 0.465 e. The summed E-state index contributed by atoms with van der Waals surface area (Å²) in [5, 5.41) is 3.02. The predicted molar refractivity (Wildman–Crippen MR) is 80.4 cm³/mol. The summed E-state index contributed by atoms with van der Waals surface area (Å²) >= 11 is 1.59. The number of benzene rings is 1. The van der Waals surface area contributed by atoms with Crippen molar-refractivity contribution in [3.05, 3.63) is 29.8 Å². The maximum atomic E-state index is 11.9. The molecule has 1 aromatic rings. The number of ether oxygens (including phenoxy) is 1. The van der Waals surface area contributed by atoms with Crippen molar-refractivity contribution in [2.24, 2.45) is 0 Å². The molecule has 19 heavy (non-hydrogen) atoms. The molecule has 0 aliphatic rings. The van der Waals surface area contributed by atoms with Crippen molar-refractivity contribution < 1.29 is 9.53 Å². The van der Waals surface area contributed by atoms with Crippen molar-refractivity contribution in [2.45, 2.75) is 43.4 Å². The van der Waals surface area contributed by atoms with Crippen LogP contribution in [0.2, 0.25) is 0 Å². The lowest BCUT2D eigenvalue weighted by atomic mass is 10.2. The van der Waals surface area contributed by atoms with Gasteiger partial charge in [-0.3, -0.25) is 4.79 Å². The number of carbonyl (C=O) groups is 1. The van der Waals surface area contributed by atoms with Gasteiger partial charge in [0.05, 0.1) is 6.61 Å². The molecule has 0 spiro atoms. The molecule has 0 fully saturated rings. The highest BCUT2D eigenvalue weighted by atomic mass is 32.2. The molecule has 1 rings (SSSR count). The molecule has 0 amide bonds. The average molecular weight is 281 g/mol. The van der Waals surface area contributed by atoms with Gasteiger partial charge in [-0.2, -0.15) is 0 Å². The Morgan fingerprint density at radius 1 is 1.32 bits per heavy atom. The monoisotopic (exact) mass is 281 g/mol. The lowest BCUT2D eigenvalue weighted by molar-refractivity contribution is -0.142. The second-order valence-corrected chi connectivity index (χ2v) is 5.60. The van der Waals surface area contributed by atoms with E-state index in [0.29, 0.717) is 6.61 Å². The molecule has 0 aliphatic carbocycles. The van der Waals surface area contributed by atoms with Gasteiger partial charge in [-0.25, -0.2) is 0 Å². The first-order valence-electron chi connectivity index (χ1n) is 6.78. The van der Waals surface area contributed by atoms with Gasteiger partial charge in [0.15, 0.2) is 0 Å². The summed E-state index contributed by atoms with van der Waals surface area (Å²) in [7, 11) is 1.93. The Balaban J connectivity index is 2.64. The Labute approximate surface area is 120 Å². The summed E-state index contributed by atoms with van der Waals surface area (Å²) in [6.45, 7) is 5.24. The molecule has 0 heterocycles. The lowest BCUT2D eigenvalue weighted by Gasteiger charge is -2.14. The van der Waals surface area contributed by atoms with Crippen molar-refractivity contribution >= 4 is 17.7 Å². The summed E-state index contributed by atoms with van der Waals surface area (Å²) in [5.74, 6) is -0.103. The highest BCUT2D eigenvalue weighted by molar-refractivity contribution is 8.00. The van der Waals surface area contributed by atoms with Crippen molar-refractivity contribution in [3.8, 4) is 0 Å². The second-order valence-electron chi connectivity index (χ2n) is 4.32. The van der Waals surface area contributed by atoms with Gasteiger partial charge in [0.2, 0.25) is 0 Å². The maximum absolute atomic E-state index is 11.9. The molecule has 0 aromatic heterocycles. The van der Waals surface area contributed by atoms with E-state index in [1.165, 1.54) is 5.56 Å². The third-order valence-corrected chi connectivity index (χ3v) is 3.94. The Morgan fingerprint density at radius 3 is 2.53 bits per heavy atom. The molecule has 1 atom stereocenters. The zero-order valence-corrected chi connectivity index (χ0v) is 12.8. The first-order valence-corrected chi connectivity index (χ1v) is 7.66. The molecule has 106 valence electrons. The molecule has 3 nitrogen and oxygen atoms in total. The Hall–Kier alpha value is -1.00. The third-order valence-electron chi connectivity index (χ3n) is 2.68. The molecule has 0 aliphatic heterocycles. The van der Waals surface area contributed by atoms with Crippen LogP contribution in [0, 0.1) is 0 Å². The van der Waals surface area contributed by atoms with E-state index in [1.54, 1.807) is 11.8 Å². The molecule has 4 heteroatoms. The van der Waals surface area contributed by atoms with Crippen LogP contribution in [0.15, 0.2) is 29.2 Å². The molecule has 0 radical (unpaired) electrons. The van der Waals surface area contributed by atoms with Crippen LogP contribution in [0.25, 0.3) is 0 Å². The zero-order chi connectivity index (χ0) is 14.1. The van der Waals surface area contributed by atoms with Gasteiger partial charge in [-0.1, -0.05) is 25.5 Å². The van der Waals surface area contributed by atoms with E-state index in [1.807, 2.05) is 14.0 Å². The van der Waals surface area contributed by atoms with Gasteiger partial charge in [-0.05, 0) is 38.1 Å². The van der Waals surface area contributed by atoms with Crippen molar-refractivity contribution in [3.63, 3.8) is 0 Å². The first kappa shape index (κ1) is 16.1. The molecular weight excluding hydrogens is 258 g/mol. The number of rotatable bonds is 8. The fraction of sp³-hybridized carbons (Fsp3) is 0.533. The summed E-state index contributed by atoms with van der Waals surface area (Å²) in [4.78, 5) is 13.0. The van der Waals surface area contributed by atoms with Gasteiger partial charge in [0.1, 0.15) is 5.25 Å². The van der Waals surface area contributed by atoms with E-state index in [2.05, 4.69) is 36.5 Å². The minimum absolute atomic E-state index is 0.0971. The number of carbonyl (C=O) groups excluding carboxylic acids is 1. The van der Waals surface area contributed by atoms with Crippen LogP contribution in [0.3, 0.4) is 0 Å². The standard InChI is InChI=1S/C15H23NO2S/c1-4-6-14(15(17)18-5-2)19-13-9-7-12(8-10-13)11-16-3/h7-10,14,16H,4-6,11H2,1-3H3. The topological polar surface area (TPSA) is 38.3 Å². The van der Waals surface area contributed by atoms with E-state index in [9.17, 15) is 4.79 Å². The van der Waals surface area contributed by atoms with E-state index in [4.69, 9.17) is 4.74 Å². The number of nitrogens with one attached hydrogen (secondary N) is 1.